The Hall–Kier alpha value is -2.15. The minimum Gasteiger partial charge on any atom is -0.494 e. The van der Waals surface area contributed by atoms with Gasteiger partial charge in [0.05, 0.1) is 12.5 Å². The van der Waals surface area contributed by atoms with Crippen LogP contribution in [0.1, 0.15) is 19.3 Å². The first-order valence-electron chi connectivity index (χ1n) is 9.55. The molecule has 3 fully saturated rings. The molecule has 3 heterocycles. The number of amides is 2. The minimum absolute atomic E-state index is 0.0169. The second-order valence-corrected chi connectivity index (χ2v) is 7.60. The zero-order chi connectivity index (χ0) is 19.4. The predicted octanol–water partition coefficient (Wildman–Crippen LogP) is 1.61. The quantitative estimate of drug-likeness (QED) is 0.678. The van der Waals surface area contributed by atoms with Crippen molar-refractivity contribution in [3.8, 4) is 5.75 Å². The number of rotatable bonds is 7. The molecule has 7 heteroatoms. The van der Waals surface area contributed by atoms with Crippen molar-refractivity contribution < 1.29 is 18.7 Å². The molecule has 0 unspecified atom stereocenters. The maximum atomic E-state index is 12.9. The van der Waals surface area contributed by atoms with Gasteiger partial charge >= 0.3 is 0 Å². The molecule has 0 aromatic heterocycles. The van der Waals surface area contributed by atoms with E-state index in [1.54, 1.807) is 31.1 Å². The van der Waals surface area contributed by atoms with Gasteiger partial charge in [-0.15, -0.1) is 0 Å². The van der Waals surface area contributed by atoms with E-state index in [0.29, 0.717) is 12.4 Å². The van der Waals surface area contributed by atoms with Crippen LogP contribution in [0.25, 0.3) is 0 Å². The van der Waals surface area contributed by atoms with Gasteiger partial charge in [0.15, 0.2) is 0 Å². The molecule has 3 aliphatic heterocycles. The first kappa shape index (κ1) is 19.6. The Kier molecular flexibility index (Phi) is 6.31. The lowest BCUT2D eigenvalue weighted by Gasteiger charge is -2.36. The van der Waals surface area contributed by atoms with Gasteiger partial charge < -0.3 is 19.4 Å². The van der Waals surface area contributed by atoms with Crippen LogP contribution in [0.3, 0.4) is 0 Å². The number of halogens is 1. The van der Waals surface area contributed by atoms with E-state index in [4.69, 9.17) is 4.74 Å². The lowest BCUT2D eigenvalue weighted by molar-refractivity contribution is -0.145. The molecule has 3 aliphatic rings. The van der Waals surface area contributed by atoms with Crippen molar-refractivity contribution in [3.63, 3.8) is 0 Å². The molecular weight excluding hydrogens is 349 g/mol. The van der Waals surface area contributed by atoms with Gasteiger partial charge in [-0.25, -0.2) is 4.39 Å². The Balaban J connectivity index is 1.49. The van der Waals surface area contributed by atoms with Crippen LogP contribution in [-0.2, 0) is 9.59 Å². The van der Waals surface area contributed by atoms with Crippen molar-refractivity contribution in [2.45, 2.75) is 25.3 Å². The molecule has 2 atom stereocenters. The van der Waals surface area contributed by atoms with E-state index in [2.05, 4.69) is 4.90 Å². The van der Waals surface area contributed by atoms with Crippen molar-refractivity contribution in [2.24, 2.45) is 5.92 Å². The number of fused-ring (bicyclic) bond motifs is 4. The molecule has 148 valence electrons. The Labute approximate surface area is 159 Å². The van der Waals surface area contributed by atoms with Crippen LogP contribution in [0.5, 0.6) is 5.75 Å². The summed E-state index contributed by atoms with van der Waals surface area (Å²) in [6.45, 7) is 3.12. The molecular formula is C20H28FN3O3. The van der Waals surface area contributed by atoms with E-state index in [9.17, 15) is 14.0 Å². The summed E-state index contributed by atoms with van der Waals surface area (Å²) in [7, 11) is 3.44. The third kappa shape index (κ3) is 4.97. The number of hydrogen-bond acceptors (Lipinski definition) is 4. The maximum absolute atomic E-state index is 12.9. The summed E-state index contributed by atoms with van der Waals surface area (Å²) < 4.78 is 18.6. The topological polar surface area (TPSA) is 53.1 Å². The second kappa shape index (κ2) is 8.69. The molecule has 0 aliphatic carbocycles. The van der Waals surface area contributed by atoms with Gasteiger partial charge in [0, 0.05) is 39.8 Å². The molecule has 0 saturated carbocycles. The molecule has 1 aromatic rings. The van der Waals surface area contributed by atoms with Gasteiger partial charge in [0.1, 0.15) is 18.1 Å². The van der Waals surface area contributed by atoms with Crippen molar-refractivity contribution in [1.82, 2.24) is 14.7 Å². The molecule has 6 nitrogen and oxygen atoms in total. The minimum atomic E-state index is -0.274. The number of piperidine rings is 1. The van der Waals surface area contributed by atoms with Gasteiger partial charge in [-0.05, 0) is 43.5 Å². The number of carbonyl (C=O) groups is 2. The fraction of sp³-hybridized carbons (Fsp3) is 0.600. The van der Waals surface area contributed by atoms with E-state index in [-0.39, 0.29) is 36.1 Å². The highest BCUT2D eigenvalue weighted by Crippen LogP contribution is 2.29. The molecule has 0 spiro atoms. The average molecular weight is 377 g/mol. The highest BCUT2D eigenvalue weighted by molar-refractivity contribution is 5.86. The molecule has 0 N–H and O–H groups in total. The van der Waals surface area contributed by atoms with Crippen molar-refractivity contribution in [3.05, 3.63) is 30.1 Å². The van der Waals surface area contributed by atoms with Crippen LogP contribution in [-0.4, -0.2) is 79.4 Å². The molecule has 0 radical (unpaired) electrons. The van der Waals surface area contributed by atoms with E-state index in [1.165, 1.54) is 17.0 Å². The van der Waals surface area contributed by atoms with E-state index in [0.717, 1.165) is 38.9 Å². The lowest BCUT2D eigenvalue weighted by atomic mass is 9.94. The monoisotopic (exact) mass is 377 g/mol. The summed E-state index contributed by atoms with van der Waals surface area (Å²) in [6.07, 6.45) is 2.69. The SMILES string of the molecule is CN(C)C(=O)CN1C(=O)[C@H]2CC[C@@H]1CN(CCCOc1ccc(F)cc1)C2. The summed E-state index contributed by atoms with van der Waals surface area (Å²) >= 11 is 0. The zero-order valence-corrected chi connectivity index (χ0v) is 16.1. The van der Waals surface area contributed by atoms with Gasteiger partial charge in [-0.3, -0.25) is 9.59 Å². The first-order chi connectivity index (χ1) is 12.9. The Morgan fingerprint density at radius 2 is 1.96 bits per heavy atom. The van der Waals surface area contributed by atoms with Crippen LogP contribution < -0.4 is 4.74 Å². The molecule has 1 aromatic carbocycles. The number of likely N-dealkylation sites (N-methyl/N-ethyl adjacent to an activating group) is 1. The summed E-state index contributed by atoms with van der Waals surface area (Å²) in [5, 5.41) is 0. The smallest absolute Gasteiger partial charge is 0.241 e. The van der Waals surface area contributed by atoms with E-state index in [1.807, 2.05) is 0 Å². The number of benzene rings is 1. The zero-order valence-electron chi connectivity index (χ0n) is 16.1. The number of ether oxygens (including phenoxy) is 1. The lowest BCUT2D eigenvalue weighted by Crippen LogP contribution is -2.51. The van der Waals surface area contributed by atoms with Crippen molar-refractivity contribution >= 4 is 11.8 Å². The van der Waals surface area contributed by atoms with Crippen molar-refractivity contribution in [1.29, 1.82) is 0 Å². The standard InChI is InChI=1S/C20H28FN3O3/c1-22(2)19(25)14-24-17-7-4-15(20(24)26)12-23(13-17)10-3-11-27-18-8-5-16(21)6-9-18/h5-6,8-9,15,17H,3-4,7,10-14H2,1-2H3/t15-,17+/m0/s1. The van der Waals surface area contributed by atoms with Crippen molar-refractivity contribution in [2.75, 3.05) is 46.9 Å². The van der Waals surface area contributed by atoms with Gasteiger partial charge in [0.25, 0.3) is 0 Å². The average Bonchev–Trinajstić information content (AvgIpc) is 2.92. The van der Waals surface area contributed by atoms with Gasteiger partial charge in [0.2, 0.25) is 11.8 Å². The normalized spacial score (nSPS) is 22.6. The van der Waals surface area contributed by atoms with Crippen LogP contribution in [0.15, 0.2) is 24.3 Å². The Morgan fingerprint density at radius 1 is 1.22 bits per heavy atom. The maximum Gasteiger partial charge on any atom is 0.241 e. The van der Waals surface area contributed by atoms with Gasteiger partial charge in [-0.1, -0.05) is 0 Å². The molecule has 3 saturated heterocycles. The first-order valence-corrected chi connectivity index (χ1v) is 9.55. The Morgan fingerprint density at radius 3 is 2.67 bits per heavy atom. The number of nitrogens with zero attached hydrogens (tertiary/aromatic N) is 3. The fourth-order valence-electron chi connectivity index (χ4n) is 3.82. The number of carbonyl (C=O) groups excluding carboxylic acids is 2. The fourth-order valence-corrected chi connectivity index (χ4v) is 3.82. The largest absolute Gasteiger partial charge is 0.494 e. The molecule has 2 amide bonds. The third-order valence-electron chi connectivity index (χ3n) is 5.37. The Bertz CT molecular complexity index is 665. The second-order valence-electron chi connectivity index (χ2n) is 7.60. The summed E-state index contributed by atoms with van der Waals surface area (Å²) in [5.41, 5.74) is 0. The molecule has 4 rings (SSSR count). The van der Waals surface area contributed by atoms with Gasteiger partial charge in [-0.2, -0.15) is 0 Å². The predicted molar refractivity (Wildman–Crippen MR) is 99.9 cm³/mol. The van der Waals surface area contributed by atoms with E-state index >= 15 is 0 Å². The van der Waals surface area contributed by atoms with Crippen LogP contribution in [0.2, 0.25) is 0 Å². The summed E-state index contributed by atoms with van der Waals surface area (Å²) in [6, 6.07) is 6.13. The molecule has 2 bridgehead atoms. The highest BCUT2D eigenvalue weighted by atomic mass is 19.1. The highest BCUT2D eigenvalue weighted by Gasteiger charge is 2.41. The van der Waals surface area contributed by atoms with Crippen LogP contribution in [0.4, 0.5) is 4.39 Å². The van der Waals surface area contributed by atoms with Crippen LogP contribution in [0, 0.1) is 11.7 Å². The number of hydrogen-bond donors (Lipinski definition) is 0. The van der Waals surface area contributed by atoms with Crippen LogP contribution >= 0.6 is 0 Å². The van der Waals surface area contributed by atoms with E-state index < -0.39 is 0 Å². The summed E-state index contributed by atoms with van der Waals surface area (Å²) in [5.74, 6) is 0.457. The molecule has 27 heavy (non-hydrogen) atoms. The third-order valence-corrected chi connectivity index (χ3v) is 5.37. The summed E-state index contributed by atoms with van der Waals surface area (Å²) in [4.78, 5) is 30.4.